The molecule has 0 aliphatic carbocycles. The average molecular weight is 558 g/mol. The molecule has 6 heteroatoms. The molecule has 1 aliphatic rings. The second kappa shape index (κ2) is 12.8. The van der Waals surface area contributed by atoms with Gasteiger partial charge in [0.1, 0.15) is 5.75 Å². The van der Waals surface area contributed by atoms with Gasteiger partial charge in [-0.25, -0.2) is 4.79 Å². The number of aryl methyl sites for hydroxylation is 2. The van der Waals surface area contributed by atoms with Crippen molar-refractivity contribution in [1.82, 2.24) is 4.90 Å². The van der Waals surface area contributed by atoms with Gasteiger partial charge < -0.3 is 14.7 Å². The van der Waals surface area contributed by atoms with Crippen molar-refractivity contribution in [1.29, 1.82) is 0 Å². The molecule has 40 heavy (non-hydrogen) atoms. The lowest BCUT2D eigenvalue weighted by Gasteiger charge is -2.23. The van der Waals surface area contributed by atoms with Crippen LogP contribution in [0.5, 0.6) is 5.75 Å². The number of thioether (sulfide) groups is 1. The molecular formula is C34H39NO4S. The van der Waals surface area contributed by atoms with Crippen LogP contribution in [0.1, 0.15) is 47.3 Å². The highest BCUT2D eigenvalue weighted by molar-refractivity contribution is 7.98. The minimum Gasteiger partial charge on any atom is -0.478 e. The number of ketones is 1. The molecule has 4 rings (SSSR count). The number of aliphatic carboxylic acids is 1. The van der Waals surface area contributed by atoms with Crippen LogP contribution in [0.2, 0.25) is 0 Å². The van der Waals surface area contributed by atoms with E-state index in [1.165, 1.54) is 5.56 Å². The third kappa shape index (κ3) is 7.16. The quantitative estimate of drug-likeness (QED) is 0.190. The summed E-state index contributed by atoms with van der Waals surface area (Å²) in [6.07, 6.45) is 4.49. The molecule has 2 unspecified atom stereocenters. The van der Waals surface area contributed by atoms with E-state index in [-0.39, 0.29) is 17.6 Å². The summed E-state index contributed by atoms with van der Waals surface area (Å²) in [4.78, 5) is 28.7. The normalized spacial score (nSPS) is 17.1. The first-order chi connectivity index (χ1) is 19.1. The summed E-state index contributed by atoms with van der Waals surface area (Å²) in [5, 5.41) is 9.41. The van der Waals surface area contributed by atoms with Crippen LogP contribution >= 0.6 is 11.8 Å². The van der Waals surface area contributed by atoms with Gasteiger partial charge in [0.15, 0.2) is 11.4 Å². The Morgan fingerprint density at radius 3 is 2.35 bits per heavy atom. The Kier molecular flexibility index (Phi) is 9.41. The Bertz CT molecular complexity index is 1350. The molecule has 1 aliphatic heterocycles. The number of carboxylic acids is 1. The summed E-state index contributed by atoms with van der Waals surface area (Å²) < 4.78 is 5.77. The third-order valence-electron chi connectivity index (χ3n) is 7.77. The van der Waals surface area contributed by atoms with Crippen LogP contribution in [0.25, 0.3) is 0 Å². The minimum absolute atomic E-state index is 0.104. The molecule has 1 heterocycles. The van der Waals surface area contributed by atoms with Crippen LogP contribution in [-0.2, 0) is 17.6 Å². The van der Waals surface area contributed by atoms with Gasteiger partial charge in [0.25, 0.3) is 0 Å². The topological polar surface area (TPSA) is 66.8 Å². The number of carbonyl (C=O) groups is 2. The molecule has 0 amide bonds. The van der Waals surface area contributed by atoms with Crippen molar-refractivity contribution in [2.24, 2.45) is 11.8 Å². The Morgan fingerprint density at radius 1 is 1.02 bits per heavy atom. The van der Waals surface area contributed by atoms with Crippen LogP contribution in [-0.4, -0.2) is 46.7 Å². The highest BCUT2D eigenvalue weighted by Crippen LogP contribution is 2.34. The molecule has 1 saturated heterocycles. The number of rotatable bonds is 12. The van der Waals surface area contributed by atoms with Gasteiger partial charge in [-0.2, -0.15) is 0 Å². The molecule has 0 spiro atoms. The Labute approximate surface area is 242 Å². The van der Waals surface area contributed by atoms with Crippen molar-refractivity contribution in [3.05, 3.63) is 107 Å². The Hall–Kier alpha value is -3.51. The number of nitrogens with zero attached hydrogens (tertiary/aromatic N) is 1. The first-order valence-corrected chi connectivity index (χ1v) is 15.0. The van der Waals surface area contributed by atoms with E-state index < -0.39 is 11.6 Å². The molecule has 0 saturated carbocycles. The minimum atomic E-state index is -1.30. The molecule has 0 aromatic heterocycles. The van der Waals surface area contributed by atoms with Gasteiger partial charge in [0.2, 0.25) is 0 Å². The van der Waals surface area contributed by atoms with Crippen LogP contribution < -0.4 is 4.74 Å². The van der Waals surface area contributed by atoms with Crippen LogP contribution in [0.3, 0.4) is 0 Å². The van der Waals surface area contributed by atoms with Gasteiger partial charge in [0.05, 0.1) is 0 Å². The number of hydrogen-bond donors (Lipinski definition) is 1. The molecular weight excluding hydrogens is 518 g/mol. The summed E-state index contributed by atoms with van der Waals surface area (Å²) in [7, 11) is 0. The molecule has 3 aromatic carbocycles. The predicted molar refractivity (Wildman–Crippen MR) is 162 cm³/mol. The number of carboxylic acid groups (broad SMARTS) is 1. The number of benzene rings is 3. The van der Waals surface area contributed by atoms with Crippen molar-refractivity contribution in [3.8, 4) is 5.75 Å². The van der Waals surface area contributed by atoms with E-state index in [9.17, 15) is 14.7 Å². The highest BCUT2D eigenvalue weighted by Gasteiger charge is 2.38. The van der Waals surface area contributed by atoms with Gasteiger partial charge in [-0.15, -0.1) is 11.8 Å². The number of carbonyl (C=O) groups excluding carboxylic acids is 1. The van der Waals surface area contributed by atoms with Gasteiger partial charge in [-0.05, 0) is 80.7 Å². The summed E-state index contributed by atoms with van der Waals surface area (Å²) >= 11 is 1.67. The maximum Gasteiger partial charge on any atom is 0.347 e. The molecule has 5 nitrogen and oxygen atoms in total. The maximum absolute atomic E-state index is 13.8. The van der Waals surface area contributed by atoms with Crippen molar-refractivity contribution in [2.45, 2.75) is 50.5 Å². The van der Waals surface area contributed by atoms with E-state index >= 15 is 0 Å². The Morgan fingerprint density at radius 2 is 1.73 bits per heavy atom. The Balaban J connectivity index is 1.49. The van der Waals surface area contributed by atoms with E-state index in [0.29, 0.717) is 12.3 Å². The smallest absolute Gasteiger partial charge is 0.347 e. The summed E-state index contributed by atoms with van der Waals surface area (Å²) in [5.41, 5.74) is 3.77. The van der Waals surface area contributed by atoms with E-state index in [4.69, 9.17) is 4.74 Å². The second-order valence-electron chi connectivity index (χ2n) is 11.1. The molecule has 1 fully saturated rings. The molecule has 0 radical (unpaired) electrons. The van der Waals surface area contributed by atoms with Gasteiger partial charge in [-0.1, -0.05) is 61.2 Å². The lowest BCUT2D eigenvalue weighted by molar-refractivity contribution is -0.152. The van der Waals surface area contributed by atoms with Crippen LogP contribution in [0.15, 0.2) is 90.0 Å². The molecule has 3 aromatic rings. The third-order valence-corrected chi connectivity index (χ3v) is 8.52. The van der Waals surface area contributed by atoms with E-state index in [0.717, 1.165) is 53.1 Å². The number of likely N-dealkylation sites (tertiary alicyclic amines) is 1. The van der Waals surface area contributed by atoms with Gasteiger partial charge >= 0.3 is 5.97 Å². The fraction of sp³-hybridized carbons (Fsp3) is 0.353. The summed E-state index contributed by atoms with van der Waals surface area (Å²) in [5.74, 6) is -0.143. The highest BCUT2D eigenvalue weighted by atomic mass is 32.2. The van der Waals surface area contributed by atoms with Crippen molar-refractivity contribution in [2.75, 3.05) is 19.3 Å². The van der Waals surface area contributed by atoms with E-state index in [1.54, 1.807) is 25.6 Å². The zero-order valence-electron chi connectivity index (χ0n) is 23.9. The number of ether oxygens (including phenoxy) is 1. The maximum atomic E-state index is 13.8. The lowest BCUT2D eigenvalue weighted by Crippen LogP contribution is -2.38. The average Bonchev–Trinajstić information content (AvgIpc) is 3.38. The molecule has 2 atom stereocenters. The predicted octanol–water partition coefficient (Wildman–Crippen LogP) is 7.08. The number of hydrogen-bond acceptors (Lipinski definition) is 5. The molecule has 0 bridgehead atoms. The zero-order valence-corrected chi connectivity index (χ0v) is 24.7. The molecule has 210 valence electrons. The van der Waals surface area contributed by atoms with Gasteiger partial charge in [-0.3, -0.25) is 4.79 Å². The SMILES string of the molecule is C=C(Cc1ccccc1)N1CC(CCc2ccc(OC(C)(C)C(=O)O)c(C)c2)C(C(=O)c2ccc(SC)cc2)C1. The fourth-order valence-electron chi connectivity index (χ4n) is 5.28. The van der Waals surface area contributed by atoms with E-state index in [2.05, 4.69) is 29.7 Å². The zero-order chi connectivity index (χ0) is 28.9. The largest absolute Gasteiger partial charge is 0.478 e. The van der Waals surface area contributed by atoms with Crippen LogP contribution in [0.4, 0.5) is 0 Å². The monoisotopic (exact) mass is 557 g/mol. The second-order valence-corrected chi connectivity index (χ2v) is 12.0. The van der Waals surface area contributed by atoms with Crippen molar-refractivity contribution >= 4 is 23.5 Å². The fourth-order valence-corrected chi connectivity index (χ4v) is 5.69. The van der Waals surface area contributed by atoms with E-state index in [1.807, 2.05) is 67.8 Å². The lowest BCUT2D eigenvalue weighted by atomic mass is 9.84. The summed E-state index contributed by atoms with van der Waals surface area (Å²) in [6, 6.07) is 24.2. The standard InChI is InChI=1S/C34H39NO4S/c1-23-19-26(12-18-31(23)39-34(3,4)33(37)38)11-13-28-21-35(24(2)20-25-9-7-6-8-10-25)22-30(28)32(36)27-14-16-29(40-5)17-15-27/h6-10,12,14-19,28,30H,2,11,13,20-22H2,1,3-5H3,(H,37,38). The van der Waals surface area contributed by atoms with Crippen molar-refractivity contribution < 1.29 is 19.4 Å². The van der Waals surface area contributed by atoms with Crippen LogP contribution in [0, 0.1) is 18.8 Å². The number of allylic oxidation sites excluding steroid dienone is 1. The first-order valence-electron chi connectivity index (χ1n) is 13.7. The van der Waals surface area contributed by atoms with Gasteiger partial charge in [0, 0.05) is 41.6 Å². The summed E-state index contributed by atoms with van der Waals surface area (Å²) in [6.45, 7) is 10.9. The first kappa shape index (κ1) is 29.5. The van der Waals surface area contributed by atoms with Crippen molar-refractivity contribution in [3.63, 3.8) is 0 Å². The molecule has 1 N–H and O–H groups in total. The number of Topliss-reactive ketones (excluding diaryl/α,β-unsaturated/α-hetero) is 1.